The quantitative estimate of drug-likeness (QED) is 0.899. The van der Waals surface area contributed by atoms with E-state index in [0.717, 1.165) is 37.2 Å². The molecule has 0 spiro atoms. The summed E-state index contributed by atoms with van der Waals surface area (Å²) in [5.74, 6) is 0. The molecule has 1 saturated heterocycles. The lowest BCUT2D eigenvalue weighted by molar-refractivity contribution is -0.137. The third-order valence-electron chi connectivity index (χ3n) is 3.33. The molecule has 114 valence electrons. The number of hydrogen-bond acceptors (Lipinski definition) is 4. The molecule has 2 rings (SSSR count). The van der Waals surface area contributed by atoms with Gasteiger partial charge in [-0.25, -0.2) is 4.98 Å². The number of nitrogens with zero attached hydrogens (tertiary/aromatic N) is 1. The molecule has 1 aliphatic heterocycles. The van der Waals surface area contributed by atoms with Gasteiger partial charge in [0.2, 0.25) is 0 Å². The van der Waals surface area contributed by atoms with Crippen LogP contribution in [0.25, 0.3) is 0 Å². The Morgan fingerprint density at radius 1 is 1.50 bits per heavy atom. The summed E-state index contributed by atoms with van der Waals surface area (Å²) in [7, 11) is 0. The van der Waals surface area contributed by atoms with E-state index in [0.29, 0.717) is 17.8 Å². The first-order valence-corrected chi connectivity index (χ1v) is 7.70. The zero-order chi connectivity index (χ0) is 14.6. The van der Waals surface area contributed by atoms with E-state index in [9.17, 15) is 13.2 Å². The largest absolute Gasteiger partial charge is 0.443 e. The molecule has 0 amide bonds. The van der Waals surface area contributed by atoms with Crippen LogP contribution in [0.5, 0.6) is 0 Å². The van der Waals surface area contributed by atoms with E-state index < -0.39 is 11.2 Å². The Morgan fingerprint density at radius 3 is 2.85 bits per heavy atom. The summed E-state index contributed by atoms with van der Waals surface area (Å²) >= 11 is 0.722. The molecule has 2 unspecified atom stereocenters. The summed E-state index contributed by atoms with van der Waals surface area (Å²) in [6.07, 6.45) is 0.982. The number of ether oxygens (including phenoxy) is 1. The van der Waals surface area contributed by atoms with Crippen LogP contribution < -0.4 is 5.32 Å². The lowest BCUT2D eigenvalue weighted by atomic mass is 10.0. The Hall–Kier alpha value is -0.660. The van der Waals surface area contributed by atoms with Crippen LogP contribution in [0.4, 0.5) is 13.2 Å². The van der Waals surface area contributed by atoms with Crippen molar-refractivity contribution in [3.05, 3.63) is 16.1 Å². The molecular weight excluding hydrogens is 289 g/mol. The van der Waals surface area contributed by atoms with E-state index in [2.05, 4.69) is 10.3 Å². The molecule has 7 heteroatoms. The van der Waals surface area contributed by atoms with Crippen LogP contribution in [0.1, 0.15) is 48.5 Å². The molecule has 1 aromatic heterocycles. The van der Waals surface area contributed by atoms with Gasteiger partial charge in [-0.2, -0.15) is 13.2 Å². The van der Waals surface area contributed by atoms with Crippen molar-refractivity contribution < 1.29 is 17.9 Å². The van der Waals surface area contributed by atoms with E-state index in [4.69, 9.17) is 4.74 Å². The molecule has 3 nitrogen and oxygen atoms in total. The van der Waals surface area contributed by atoms with Crippen molar-refractivity contribution in [3.63, 3.8) is 0 Å². The van der Waals surface area contributed by atoms with Crippen molar-refractivity contribution >= 4 is 11.3 Å². The van der Waals surface area contributed by atoms with Gasteiger partial charge in [-0.1, -0.05) is 6.92 Å². The summed E-state index contributed by atoms with van der Waals surface area (Å²) in [4.78, 5) is 4.13. The number of rotatable bonds is 5. The Morgan fingerprint density at radius 2 is 2.30 bits per heavy atom. The standard InChI is InChI=1S/C13H19F3N2OS/c1-2-17-10(7-9-5-3-4-6-19-9)11-8-18-12(20-11)13(14,15)16/h8-10,17H,2-7H2,1H3. The second kappa shape index (κ2) is 6.87. The maximum atomic E-state index is 12.6. The van der Waals surface area contributed by atoms with Crippen molar-refractivity contribution in [3.8, 4) is 0 Å². The summed E-state index contributed by atoms with van der Waals surface area (Å²) in [5.41, 5.74) is 0. The van der Waals surface area contributed by atoms with E-state index in [1.54, 1.807) is 0 Å². The van der Waals surface area contributed by atoms with Gasteiger partial charge in [0.25, 0.3) is 0 Å². The minimum Gasteiger partial charge on any atom is -0.378 e. The lowest BCUT2D eigenvalue weighted by Gasteiger charge is -2.26. The zero-order valence-electron chi connectivity index (χ0n) is 11.4. The highest BCUT2D eigenvalue weighted by Gasteiger charge is 2.35. The first-order chi connectivity index (χ1) is 9.50. The number of aromatic nitrogens is 1. The van der Waals surface area contributed by atoms with Gasteiger partial charge in [-0.05, 0) is 32.2 Å². The first kappa shape index (κ1) is 15.7. The van der Waals surface area contributed by atoms with Crippen LogP contribution >= 0.6 is 11.3 Å². The zero-order valence-corrected chi connectivity index (χ0v) is 12.2. The van der Waals surface area contributed by atoms with Crippen molar-refractivity contribution in [2.45, 2.75) is 50.9 Å². The van der Waals surface area contributed by atoms with Crippen molar-refractivity contribution in [1.29, 1.82) is 0 Å². The van der Waals surface area contributed by atoms with Gasteiger partial charge in [-0.3, -0.25) is 0 Å². The van der Waals surface area contributed by atoms with Gasteiger partial charge in [0.15, 0.2) is 5.01 Å². The van der Waals surface area contributed by atoms with Crippen molar-refractivity contribution in [1.82, 2.24) is 10.3 Å². The molecular formula is C13H19F3N2OS. The average molecular weight is 308 g/mol. The van der Waals surface area contributed by atoms with Gasteiger partial charge < -0.3 is 10.1 Å². The van der Waals surface area contributed by atoms with Crippen LogP contribution in [0.15, 0.2) is 6.20 Å². The van der Waals surface area contributed by atoms with Crippen molar-refractivity contribution in [2.24, 2.45) is 0 Å². The molecule has 1 N–H and O–H groups in total. The SMILES string of the molecule is CCNC(CC1CCCCO1)c1cnc(C(F)(F)F)s1. The number of alkyl halides is 3. The van der Waals surface area contributed by atoms with Crippen LogP contribution in [0, 0.1) is 0 Å². The molecule has 2 atom stereocenters. The van der Waals surface area contributed by atoms with E-state index in [-0.39, 0.29) is 12.1 Å². The monoisotopic (exact) mass is 308 g/mol. The Kier molecular flexibility index (Phi) is 5.40. The predicted molar refractivity (Wildman–Crippen MR) is 71.7 cm³/mol. The number of thiazole rings is 1. The van der Waals surface area contributed by atoms with Crippen LogP contribution in [0.3, 0.4) is 0 Å². The fourth-order valence-electron chi connectivity index (χ4n) is 2.38. The minimum atomic E-state index is -4.36. The summed E-state index contributed by atoms with van der Waals surface area (Å²) in [6.45, 7) is 3.40. The molecule has 0 saturated carbocycles. The number of hydrogen-bond donors (Lipinski definition) is 1. The van der Waals surface area contributed by atoms with Gasteiger partial charge in [0.05, 0.1) is 6.10 Å². The van der Waals surface area contributed by atoms with E-state index in [1.165, 1.54) is 6.20 Å². The lowest BCUT2D eigenvalue weighted by Crippen LogP contribution is -2.28. The van der Waals surface area contributed by atoms with E-state index in [1.807, 2.05) is 6.92 Å². The van der Waals surface area contributed by atoms with E-state index >= 15 is 0 Å². The van der Waals surface area contributed by atoms with Gasteiger partial charge in [-0.15, -0.1) is 11.3 Å². The molecule has 1 aliphatic rings. The highest BCUT2D eigenvalue weighted by atomic mass is 32.1. The molecule has 0 bridgehead atoms. The molecule has 1 fully saturated rings. The fourth-order valence-corrected chi connectivity index (χ4v) is 3.25. The second-order valence-corrected chi connectivity index (χ2v) is 5.96. The predicted octanol–water partition coefficient (Wildman–Crippen LogP) is 3.77. The van der Waals surface area contributed by atoms with Crippen LogP contribution in [-0.4, -0.2) is 24.2 Å². The molecule has 0 aromatic carbocycles. The molecule has 0 radical (unpaired) electrons. The maximum Gasteiger partial charge on any atom is 0.443 e. The summed E-state index contributed by atoms with van der Waals surface area (Å²) < 4.78 is 43.5. The second-order valence-electron chi connectivity index (χ2n) is 4.90. The summed E-state index contributed by atoms with van der Waals surface area (Å²) in [5, 5.41) is 2.46. The normalized spacial score (nSPS) is 21.9. The van der Waals surface area contributed by atoms with Crippen LogP contribution in [0.2, 0.25) is 0 Å². The average Bonchev–Trinajstić information content (AvgIpc) is 2.89. The minimum absolute atomic E-state index is 0.114. The Bertz CT molecular complexity index is 416. The fraction of sp³-hybridized carbons (Fsp3) is 0.769. The highest BCUT2D eigenvalue weighted by Crippen LogP contribution is 2.36. The van der Waals surface area contributed by atoms with Crippen LogP contribution in [-0.2, 0) is 10.9 Å². The van der Waals surface area contributed by atoms with Crippen molar-refractivity contribution in [2.75, 3.05) is 13.2 Å². The van der Waals surface area contributed by atoms with Gasteiger partial charge in [0, 0.05) is 23.7 Å². The molecule has 0 aliphatic carbocycles. The topological polar surface area (TPSA) is 34.1 Å². The third-order valence-corrected chi connectivity index (χ3v) is 4.49. The Labute approximate surface area is 120 Å². The highest BCUT2D eigenvalue weighted by molar-refractivity contribution is 7.11. The molecule has 1 aromatic rings. The van der Waals surface area contributed by atoms with Gasteiger partial charge in [0.1, 0.15) is 0 Å². The van der Waals surface area contributed by atoms with Gasteiger partial charge >= 0.3 is 6.18 Å². The Balaban J connectivity index is 2.05. The number of nitrogens with one attached hydrogen (secondary N) is 1. The summed E-state index contributed by atoms with van der Waals surface area (Å²) in [6, 6.07) is -0.114. The molecule has 20 heavy (non-hydrogen) atoms. The maximum absolute atomic E-state index is 12.6. The first-order valence-electron chi connectivity index (χ1n) is 6.88. The number of halogens is 3. The third kappa shape index (κ3) is 4.17. The smallest absolute Gasteiger partial charge is 0.378 e. The molecule has 2 heterocycles.